The number of likely N-dealkylation sites (tertiary alicyclic amines) is 1. The molecule has 2 aliphatic rings. The molecule has 29 heavy (non-hydrogen) atoms. The number of carbonyl (C=O) groups excluding carboxylic acids is 2. The van der Waals surface area contributed by atoms with Gasteiger partial charge in [0.15, 0.2) is 6.10 Å². The van der Waals surface area contributed by atoms with E-state index < -0.39 is 11.7 Å². The molecule has 0 N–H and O–H groups in total. The van der Waals surface area contributed by atoms with Crippen LogP contribution < -0.4 is 9.64 Å². The Bertz CT molecular complexity index is 803. The summed E-state index contributed by atoms with van der Waals surface area (Å²) in [5, 5.41) is 0.524. The zero-order chi connectivity index (χ0) is 21.5. The van der Waals surface area contributed by atoms with Gasteiger partial charge >= 0.3 is 6.09 Å². The summed E-state index contributed by atoms with van der Waals surface area (Å²) in [6, 6.07) is 3.58. The highest BCUT2D eigenvalue weighted by atomic mass is 79.9. The van der Waals surface area contributed by atoms with Crippen LogP contribution in [0.1, 0.15) is 41.0 Å². The van der Waals surface area contributed by atoms with Gasteiger partial charge in [-0.15, -0.1) is 0 Å². The van der Waals surface area contributed by atoms with E-state index in [0.29, 0.717) is 48.4 Å². The number of fused-ring (bicyclic) bond motifs is 1. The molecular weight excluding hydrogens is 460 g/mol. The van der Waals surface area contributed by atoms with Gasteiger partial charge in [-0.25, -0.2) is 4.79 Å². The zero-order valence-corrected chi connectivity index (χ0v) is 19.8. The fourth-order valence-electron chi connectivity index (χ4n) is 3.50. The van der Waals surface area contributed by atoms with Gasteiger partial charge in [-0.05, 0) is 61.2 Å². The third-order valence-electron chi connectivity index (χ3n) is 4.84. The average Bonchev–Trinajstić information content (AvgIpc) is 2.53. The van der Waals surface area contributed by atoms with E-state index in [2.05, 4.69) is 29.8 Å². The second-order valence-electron chi connectivity index (χ2n) is 9.17. The molecule has 0 aliphatic carbocycles. The van der Waals surface area contributed by atoms with Gasteiger partial charge in [-0.2, -0.15) is 0 Å². The Morgan fingerprint density at radius 2 is 2.00 bits per heavy atom. The molecule has 1 aromatic carbocycles. The predicted octanol–water partition coefficient (Wildman–Crippen LogP) is 5.11. The van der Waals surface area contributed by atoms with Crippen molar-refractivity contribution in [1.82, 2.24) is 4.90 Å². The number of ether oxygens (including phenoxy) is 2. The van der Waals surface area contributed by atoms with Gasteiger partial charge in [0.2, 0.25) is 0 Å². The molecule has 3 rings (SSSR count). The van der Waals surface area contributed by atoms with Crippen LogP contribution in [0, 0.1) is 11.8 Å². The molecule has 0 radical (unpaired) electrons. The molecule has 160 valence electrons. The molecule has 0 saturated carbocycles. The van der Waals surface area contributed by atoms with Gasteiger partial charge < -0.3 is 19.3 Å². The molecule has 1 saturated heterocycles. The van der Waals surface area contributed by atoms with Gasteiger partial charge in [0.05, 0.1) is 10.7 Å². The largest absolute Gasteiger partial charge is 0.478 e. The van der Waals surface area contributed by atoms with Gasteiger partial charge in [0, 0.05) is 30.0 Å². The van der Waals surface area contributed by atoms with Crippen molar-refractivity contribution in [1.29, 1.82) is 0 Å². The molecule has 0 bridgehead atoms. The molecular formula is C21H28BrClN2O4. The van der Waals surface area contributed by atoms with Gasteiger partial charge in [0.1, 0.15) is 11.4 Å². The molecule has 8 heteroatoms. The standard InChI is InChI=1S/C21H28BrClN2O4/c1-12(2)6-18-19(26)25(16-8-15(23)14(22)7-17(16)28-18)11-13-9-24(10-13)20(27)29-21(3,4)5/h7-8,12-13,18H,6,9-11H2,1-5H3. The average molecular weight is 488 g/mol. The van der Waals surface area contributed by atoms with E-state index in [1.165, 1.54) is 0 Å². The molecule has 1 atom stereocenters. The second kappa shape index (κ2) is 8.34. The minimum Gasteiger partial charge on any atom is -0.478 e. The third-order valence-corrected chi connectivity index (χ3v) is 6.04. The number of hydrogen-bond donors (Lipinski definition) is 0. The van der Waals surface area contributed by atoms with Crippen LogP contribution in [0.3, 0.4) is 0 Å². The highest BCUT2D eigenvalue weighted by Gasteiger charge is 2.40. The lowest BCUT2D eigenvalue weighted by atomic mass is 9.97. The number of benzene rings is 1. The van der Waals surface area contributed by atoms with Crippen LogP contribution in [-0.2, 0) is 9.53 Å². The first-order valence-corrected chi connectivity index (χ1v) is 11.1. The minimum atomic E-state index is -0.518. The third kappa shape index (κ3) is 5.18. The second-order valence-corrected chi connectivity index (χ2v) is 10.4. The number of anilines is 1. The number of nitrogens with zero attached hydrogens (tertiary/aromatic N) is 2. The van der Waals surface area contributed by atoms with Crippen molar-refractivity contribution in [2.45, 2.75) is 52.7 Å². The van der Waals surface area contributed by atoms with Gasteiger partial charge in [-0.3, -0.25) is 4.79 Å². The first-order valence-electron chi connectivity index (χ1n) is 9.89. The van der Waals surface area contributed by atoms with E-state index >= 15 is 0 Å². The Balaban J connectivity index is 1.73. The molecule has 2 amide bonds. The Kier molecular flexibility index (Phi) is 6.39. The number of rotatable bonds is 4. The molecule has 0 spiro atoms. The van der Waals surface area contributed by atoms with Crippen molar-refractivity contribution in [3.8, 4) is 5.75 Å². The van der Waals surface area contributed by atoms with Crippen LogP contribution in [-0.4, -0.2) is 48.2 Å². The fourth-order valence-corrected chi connectivity index (χ4v) is 3.98. The van der Waals surface area contributed by atoms with Crippen LogP contribution in [0.5, 0.6) is 5.75 Å². The summed E-state index contributed by atoms with van der Waals surface area (Å²) in [5.41, 5.74) is 0.161. The van der Waals surface area contributed by atoms with Crippen molar-refractivity contribution in [2.24, 2.45) is 11.8 Å². The van der Waals surface area contributed by atoms with Crippen molar-refractivity contribution in [2.75, 3.05) is 24.5 Å². The molecule has 2 aliphatic heterocycles. The monoisotopic (exact) mass is 486 g/mol. The molecule has 1 fully saturated rings. The van der Waals surface area contributed by atoms with Crippen LogP contribution in [0.15, 0.2) is 16.6 Å². The number of halogens is 2. The smallest absolute Gasteiger partial charge is 0.410 e. The predicted molar refractivity (Wildman–Crippen MR) is 117 cm³/mol. The van der Waals surface area contributed by atoms with E-state index in [0.717, 1.165) is 4.47 Å². The highest BCUT2D eigenvalue weighted by molar-refractivity contribution is 9.10. The highest BCUT2D eigenvalue weighted by Crippen LogP contribution is 2.41. The molecule has 0 aromatic heterocycles. The fraction of sp³-hybridized carbons (Fsp3) is 0.619. The van der Waals surface area contributed by atoms with Gasteiger partial charge in [-0.1, -0.05) is 25.4 Å². The SMILES string of the molecule is CC(C)CC1Oc2cc(Br)c(Cl)cc2N(CC2CN(C(=O)OC(C)(C)C)C2)C1=O. The van der Waals surface area contributed by atoms with Crippen molar-refractivity contribution < 1.29 is 19.1 Å². The Labute approximate surface area is 185 Å². The summed E-state index contributed by atoms with van der Waals surface area (Å²) < 4.78 is 12.1. The van der Waals surface area contributed by atoms with Crippen molar-refractivity contribution in [3.63, 3.8) is 0 Å². The summed E-state index contributed by atoms with van der Waals surface area (Å²) >= 11 is 9.71. The van der Waals surface area contributed by atoms with Crippen molar-refractivity contribution >= 4 is 45.2 Å². The van der Waals surface area contributed by atoms with E-state index in [9.17, 15) is 9.59 Å². The first-order chi connectivity index (χ1) is 13.4. The normalized spacial score (nSPS) is 19.7. The lowest BCUT2D eigenvalue weighted by Gasteiger charge is -2.43. The maximum atomic E-state index is 13.1. The maximum Gasteiger partial charge on any atom is 0.410 e. The summed E-state index contributed by atoms with van der Waals surface area (Å²) in [6.07, 6.45) is -0.186. The summed E-state index contributed by atoms with van der Waals surface area (Å²) in [4.78, 5) is 28.8. The lowest BCUT2D eigenvalue weighted by molar-refractivity contribution is -0.127. The number of amides is 2. The van der Waals surface area contributed by atoms with Crippen LogP contribution >= 0.6 is 27.5 Å². The lowest BCUT2D eigenvalue weighted by Crippen LogP contribution is -2.57. The Hall–Kier alpha value is -1.47. The van der Waals surface area contributed by atoms with E-state index in [1.54, 1.807) is 15.9 Å². The summed E-state index contributed by atoms with van der Waals surface area (Å²) in [6.45, 7) is 11.3. The summed E-state index contributed by atoms with van der Waals surface area (Å²) in [7, 11) is 0. The van der Waals surface area contributed by atoms with Crippen LogP contribution in [0.2, 0.25) is 5.02 Å². The number of carbonyl (C=O) groups is 2. The van der Waals surface area contributed by atoms with E-state index in [-0.39, 0.29) is 17.9 Å². The molecule has 1 aromatic rings. The van der Waals surface area contributed by atoms with Crippen LogP contribution in [0.4, 0.5) is 10.5 Å². The first kappa shape index (κ1) is 22.2. The maximum absolute atomic E-state index is 13.1. The van der Waals surface area contributed by atoms with E-state index in [1.807, 2.05) is 26.8 Å². The van der Waals surface area contributed by atoms with Crippen molar-refractivity contribution in [3.05, 3.63) is 21.6 Å². The quantitative estimate of drug-likeness (QED) is 0.592. The molecule has 1 unspecified atom stereocenters. The number of hydrogen-bond acceptors (Lipinski definition) is 4. The Morgan fingerprint density at radius 3 is 2.59 bits per heavy atom. The van der Waals surface area contributed by atoms with Gasteiger partial charge in [0.25, 0.3) is 5.91 Å². The van der Waals surface area contributed by atoms with E-state index in [4.69, 9.17) is 21.1 Å². The molecule has 2 heterocycles. The summed E-state index contributed by atoms with van der Waals surface area (Å²) in [5.74, 6) is 1.10. The Morgan fingerprint density at radius 1 is 1.34 bits per heavy atom. The molecule has 6 nitrogen and oxygen atoms in total. The minimum absolute atomic E-state index is 0.0553. The van der Waals surface area contributed by atoms with Crippen LogP contribution in [0.25, 0.3) is 0 Å². The topological polar surface area (TPSA) is 59.1 Å². The zero-order valence-electron chi connectivity index (χ0n) is 17.5.